The van der Waals surface area contributed by atoms with E-state index < -0.39 is 17.6 Å². The molecule has 1 aliphatic rings. The number of hydrogen-bond donors (Lipinski definition) is 3. The first-order valence-electron chi connectivity index (χ1n) is 13.4. The zero-order valence-corrected chi connectivity index (χ0v) is 23.2. The minimum Gasteiger partial charge on any atom is -0.497 e. The number of carbonyl (C=O) groups is 1. The maximum atomic E-state index is 14.0. The number of methoxy groups -OCH3 is 1. The molecule has 0 atom stereocenters. The van der Waals surface area contributed by atoms with E-state index in [2.05, 4.69) is 30.9 Å². The molecule has 1 saturated carbocycles. The van der Waals surface area contributed by atoms with Crippen molar-refractivity contribution >= 4 is 29.0 Å². The van der Waals surface area contributed by atoms with Gasteiger partial charge in [0.25, 0.3) is 5.91 Å². The summed E-state index contributed by atoms with van der Waals surface area (Å²) in [5.41, 5.74) is 0.376. The number of aryl methyl sites for hydroxylation is 1. The lowest BCUT2D eigenvalue weighted by Gasteiger charge is -2.17. The Labute approximate surface area is 244 Å². The second-order valence-corrected chi connectivity index (χ2v) is 10.1. The number of anilines is 4. The summed E-state index contributed by atoms with van der Waals surface area (Å²) >= 11 is 0. The summed E-state index contributed by atoms with van der Waals surface area (Å²) in [6.45, 7) is 1.72. The Morgan fingerprint density at radius 3 is 2.53 bits per heavy atom. The van der Waals surface area contributed by atoms with Gasteiger partial charge in [-0.25, -0.2) is 15.0 Å². The van der Waals surface area contributed by atoms with Crippen LogP contribution in [0.1, 0.15) is 34.5 Å². The fourth-order valence-corrected chi connectivity index (χ4v) is 4.62. The van der Waals surface area contributed by atoms with E-state index >= 15 is 0 Å². The summed E-state index contributed by atoms with van der Waals surface area (Å²) in [4.78, 5) is 26.3. The van der Waals surface area contributed by atoms with E-state index in [0.717, 1.165) is 18.9 Å². The van der Waals surface area contributed by atoms with Gasteiger partial charge in [0.15, 0.2) is 0 Å². The van der Waals surface area contributed by atoms with E-state index in [9.17, 15) is 18.0 Å². The van der Waals surface area contributed by atoms with Gasteiger partial charge in [0.2, 0.25) is 5.95 Å². The molecule has 220 valence electrons. The second-order valence-electron chi connectivity index (χ2n) is 10.1. The Bertz CT molecular complexity index is 1790. The molecule has 5 aromatic rings. The number of amides is 1. The molecule has 0 unspecified atom stereocenters. The smallest absolute Gasteiger partial charge is 0.418 e. The van der Waals surface area contributed by atoms with Crippen LogP contribution in [0.15, 0.2) is 79.5 Å². The molecule has 0 radical (unpaired) electrons. The van der Waals surface area contributed by atoms with Gasteiger partial charge in [0.05, 0.1) is 18.4 Å². The summed E-state index contributed by atoms with van der Waals surface area (Å²) in [5, 5.41) is 9.09. The van der Waals surface area contributed by atoms with Gasteiger partial charge < -0.3 is 25.3 Å². The van der Waals surface area contributed by atoms with E-state index in [0.29, 0.717) is 40.8 Å². The Hall–Kier alpha value is -5.33. The van der Waals surface area contributed by atoms with Gasteiger partial charge in [-0.3, -0.25) is 9.36 Å². The van der Waals surface area contributed by atoms with Gasteiger partial charge in [-0.15, -0.1) is 0 Å². The average molecular weight is 589 g/mol. The number of halogens is 3. The molecule has 1 amide bonds. The van der Waals surface area contributed by atoms with Crippen molar-refractivity contribution in [2.75, 3.05) is 23.1 Å². The van der Waals surface area contributed by atoms with Crippen LogP contribution in [-0.4, -0.2) is 43.1 Å². The highest BCUT2D eigenvalue weighted by atomic mass is 19.4. The molecule has 43 heavy (non-hydrogen) atoms. The van der Waals surface area contributed by atoms with Crippen LogP contribution in [0.2, 0.25) is 0 Å². The molecule has 0 spiro atoms. The minimum atomic E-state index is -4.64. The number of benzene rings is 2. The molecule has 3 N–H and O–H groups in total. The van der Waals surface area contributed by atoms with Crippen molar-refractivity contribution in [3.63, 3.8) is 0 Å². The molecule has 2 aromatic carbocycles. The van der Waals surface area contributed by atoms with Crippen molar-refractivity contribution in [3.05, 3.63) is 96.3 Å². The number of nitrogens with one attached hydrogen (secondary N) is 3. The van der Waals surface area contributed by atoms with Crippen LogP contribution >= 0.6 is 0 Å². The molecule has 6 rings (SSSR count). The van der Waals surface area contributed by atoms with Crippen LogP contribution in [0.25, 0.3) is 11.5 Å². The topological polar surface area (TPSA) is 111 Å². The van der Waals surface area contributed by atoms with Crippen LogP contribution in [-0.2, 0) is 6.18 Å². The van der Waals surface area contributed by atoms with Crippen molar-refractivity contribution < 1.29 is 22.7 Å². The maximum absolute atomic E-state index is 14.0. The number of aromatic nitrogens is 5. The fraction of sp³-hybridized carbons (Fsp3) is 0.200. The number of ether oxygens (including phenoxy) is 1. The average Bonchev–Trinajstić information content (AvgIpc) is 3.50. The lowest BCUT2D eigenvalue weighted by molar-refractivity contribution is -0.137. The molecule has 3 aromatic heterocycles. The summed E-state index contributed by atoms with van der Waals surface area (Å²) in [6, 6.07) is 14.0. The van der Waals surface area contributed by atoms with E-state index in [4.69, 9.17) is 4.74 Å². The van der Waals surface area contributed by atoms with Crippen LogP contribution in [0.5, 0.6) is 5.75 Å². The molecular formula is C30H27F3N8O2. The zero-order valence-electron chi connectivity index (χ0n) is 23.2. The number of carbonyl (C=O) groups excluding carboxylic acids is 1. The van der Waals surface area contributed by atoms with Crippen LogP contribution in [0.3, 0.4) is 0 Å². The first-order chi connectivity index (χ1) is 20.7. The predicted molar refractivity (Wildman–Crippen MR) is 156 cm³/mol. The Morgan fingerprint density at radius 2 is 1.81 bits per heavy atom. The van der Waals surface area contributed by atoms with Crippen molar-refractivity contribution in [3.8, 4) is 17.3 Å². The highest BCUT2D eigenvalue weighted by Crippen LogP contribution is 2.36. The lowest BCUT2D eigenvalue weighted by atomic mass is 10.1. The summed E-state index contributed by atoms with van der Waals surface area (Å²) in [7, 11) is 1.45. The molecule has 3 heterocycles. The van der Waals surface area contributed by atoms with E-state index in [1.807, 2.05) is 6.07 Å². The number of alkyl halides is 3. The molecule has 0 bridgehead atoms. The van der Waals surface area contributed by atoms with E-state index in [-0.39, 0.29) is 16.9 Å². The fourth-order valence-electron chi connectivity index (χ4n) is 4.62. The van der Waals surface area contributed by atoms with Crippen LogP contribution in [0, 0.1) is 6.92 Å². The SMILES string of the molecule is COc1cc(Nc2nccn2-c2cc(NC3CC3)ncn2)cc(C(=O)Nc2ccc(-n3cccc3C)c(C(F)(F)F)c2)c1. The van der Waals surface area contributed by atoms with Crippen LogP contribution in [0.4, 0.5) is 36.3 Å². The highest BCUT2D eigenvalue weighted by molar-refractivity contribution is 6.05. The van der Waals surface area contributed by atoms with Crippen molar-refractivity contribution in [1.82, 2.24) is 24.1 Å². The third-order valence-corrected chi connectivity index (χ3v) is 6.90. The van der Waals surface area contributed by atoms with Gasteiger partial charge in [-0.05, 0) is 62.2 Å². The number of rotatable bonds is 9. The normalized spacial score (nSPS) is 13.0. The third kappa shape index (κ3) is 6.15. The third-order valence-electron chi connectivity index (χ3n) is 6.90. The standard InChI is InChI=1S/C30H27F3N8O2/c1-18-4-3-10-40(18)25-8-7-21(15-24(25)30(31,32)33)38-28(42)19-12-22(14-23(13-19)43-2)39-29-34-9-11-41(29)27-16-26(35-17-36-27)37-20-5-6-20/h3-4,7-17,20H,5-6H2,1-2H3,(H,34,39)(H,38,42)(H,35,36,37). The Kier molecular flexibility index (Phi) is 7.22. The molecule has 0 aliphatic heterocycles. The van der Waals surface area contributed by atoms with Gasteiger partial charge in [-0.2, -0.15) is 13.2 Å². The maximum Gasteiger partial charge on any atom is 0.418 e. The summed E-state index contributed by atoms with van der Waals surface area (Å²) in [6.07, 6.45) is 3.92. The first kappa shape index (κ1) is 27.8. The van der Waals surface area contributed by atoms with Crippen molar-refractivity contribution in [2.24, 2.45) is 0 Å². The highest BCUT2D eigenvalue weighted by Gasteiger charge is 2.34. The first-order valence-corrected chi connectivity index (χ1v) is 13.4. The Morgan fingerprint density at radius 1 is 0.977 bits per heavy atom. The van der Waals surface area contributed by atoms with E-state index in [1.54, 1.807) is 54.3 Å². The number of nitrogens with zero attached hydrogens (tertiary/aromatic N) is 5. The predicted octanol–water partition coefficient (Wildman–Crippen LogP) is 6.36. The van der Waals surface area contributed by atoms with E-state index in [1.165, 1.54) is 36.2 Å². The largest absolute Gasteiger partial charge is 0.497 e. The van der Waals surface area contributed by atoms with Crippen LogP contribution < -0.4 is 20.7 Å². The summed E-state index contributed by atoms with van der Waals surface area (Å²) in [5.74, 6) is 1.45. The minimum absolute atomic E-state index is 0.00173. The second kappa shape index (κ2) is 11.2. The molecule has 10 nitrogen and oxygen atoms in total. The van der Waals surface area contributed by atoms with Crippen molar-refractivity contribution in [1.29, 1.82) is 0 Å². The summed E-state index contributed by atoms with van der Waals surface area (Å²) < 4.78 is 50.6. The number of imidazole rings is 1. The number of hydrogen-bond acceptors (Lipinski definition) is 7. The van der Waals surface area contributed by atoms with Gasteiger partial charge >= 0.3 is 6.18 Å². The lowest BCUT2D eigenvalue weighted by Crippen LogP contribution is -2.15. The zero-order chi connectivity index (χ0) is 30.1. The molecule has 1 aliphatic carbocycles. The van der Waals surface area contributed by atoms with Gasteiger partial charge in [-0.1, -0.05) is 0 Å². The molecule has 13 heteroatoms. The van der Waals surface area contributed by atoms with Gasteiger partial charge in [0.1, 0.15) is 23.7 Å². The van der Waals surface area contributed by atoms with Crippen molar-refractivity contribution in [2.45, 2.75) is 32.0 Å². The quantitative estimate of drug-likeness (QED) is 0.184. The molecular weight excluding hydrogens is 561 g/mol. The van der Waals surface area contributed by atoms with Gasteiger partial charge in [0, 0.05) is 59.4 Å². The Balaban J connectivity index is 1.25. The monoisotopic (exact) mass is 588 g/mol. The molecule has 0 saturated heterocycles. The molecule has 1 fully saturated rings.